The van der Waals surface area contributed by atoms with Crippen LogP contribution in [-0.2, 0) is 0 Å². The zero-order valence-corrected chi connectivity index (χ0v) is 6.29. The van der Waals surface area contributed by atoms with Crippen molar-refractivity contribution in [2.45, 2.75) is 31.7 Å². The molecule has 0 N–H and O–H groups in total. The Hall–Kier alpha value is -1.17. The third-order valence-corrected chi connectivity index (χ3v) is 1.91. The van der Waals surface area contributed by atoms with Gasteiger partial charge >= 0.3 is 0 Å². The van der Waals surface area contributed by atoms with Crippen molar-refractivity contribution < 1.29 is 0 Å². The van der Waals surface area contributed by atoms with Gasteiger partial charge in [-0.1, -0.05) is 6.08 Å². The number of nitroso groups, excluding NO2 is 1. The molecule has 58 valence electrons. The molecule has 0 saturated carbocycles. The van der Waals surface area contributed by atoms with Gasteiger partial charge in [0.2, 0.25) is 0 Å². The van der Waals surface area contributed by atoms with Crippen molar-refractivity contribution in [1.29, 1.82) is 5.26 Å². The summed E-state index contributed by atoms with van der Waals surface area (Å²) < 4.78 is 0. The number of allylic oxidation sites excluding steroid dienone is 1. The first-order chi connectivity index (χ1) is 5.38. The molecule has 0 aromatic carbocycles. The molecule has 3 heteroatoms. The Morgan fingerprint density at radius 2 is 2.45 bits per heavy atom. The SMILES string of the molecule is N#CC(N=O)C1=CCCCC1. The third-order valence-electron chi connectivity index (χ3n) is 1.91. The highest BCUT2D eigenvalue weighted by atomic mass is 16.3. The molecule has 11 heavy (non-hydrogen) atoms. The highest BCUT2D eigenvalue weighted by molar-refractivity contribution is 5.20. The van der Waals surface area contributed by atoms with Crippen molar-refractivity contribution in [2.24, 2.45) is 5.18 Å². The van der Waals surface area contributed by atoms with Gasteiger partial charge in [0.15, 0.2) is 6.04 Å². The van der Waals surface area contributed by atoms with Gasteiger partial charge in [-0.25, -0.2) is 0 Å². The minimum Gasteiger partial charge on any atom is -0.195 e. The molecule has 1 unspecified atom stereocenters. The lowest BCUT2D eigenvalue weighted by Crippen LogP contribution is -2.06. The summed E-state index contributed by atoms with van der Waals surface area (Å²) in [5, 5.41) is 11.2. The lowest BCUT2D eigenvalue weighted by Gasteiger charge is -2.11. The van der Waals surface area contributed by atoms with Crippen molar-refractivity contribution in [1.82, 2.24) is 0 Å². The van der Waals surface area contributed by atoms with Crippen molar-refractivity contribution in [3.8, 4) is 6.07 Å². The van der Waals surface area contributed by atoms with Crippen LogP contribution in [0.5, 0.6) is 0 Å². The summed E-state index contributed by atoms with van der Waals surface area (Å²) in [4.78, 5) is 10.1. The van der Waals surface area contributed by atoms with Crippen LogP contribution in [0.3, 0.4) is 0 Å². The number of rotatable bonds is 2. The highest BCUT2D eigenvalue weighted by Gasteiger charge is 2.14. The maximum absolute atomic E-state index is 10.1. The minimum atomic E-state index is -0.727. The summed E-state index contributed by atoms with van der Waals surface area (Å²) in [7, 11) is 0. The van der Waals surface area contributed by atoms with E-state index < -0.39 is 6.04 Å². The summed E-state index contributed by atoms with van der Waals surface area (Å²) in [6.45, 7) is 0. The zero-order valence-electron chi connectivity index (χ0n) is 6.29. The van der Waals surface area contributed by atoms with Gasteiger partial charge in [0, 0.05) is 0 Å². The molecule has 0 amide bonds. The Labute approximate surface area is 65.7 Å². The first-order valence-corrected chi connectivity index (χ1v) is 3.79. The van der Waals surface area contributed by atoms with Gasteiger partial charge in [-0.15, -0.1) is 4.91 Å². The van der Waals surface area contributed by atoms with E-state index in [9.17, 15) is 4.91 Å². The van der Waals surface area contributed by atoms with Crippen LogP contribution in [0.4, 0.5) is 0 Å². The molecule has 0 radical (unpaired) electrons. The van der Waals surface area contributed by atoms with Gasteiger partial charge in [-0.2, -0.15) is 5.26 Å². The Bertz CT molecular complexity index is 215. The molecular weight excluding hydrogens is 140 g/mol. The van der Waals surface area contributed by atoms with E-state index in [2.05, 4.69) is 5.18 Å². The molecule has 0 fully saturated rings. The second-order valence-electron chi connectivity index (χ2n) is 2.66. The average Bonchev–Trinajstić information content (AvgIpc) is 2.09. The average molecular weight is 150 g/mol. The molecule has 1 atom stereocenters. The van der Waals surface area contributed by atoms with E-state index in [0.29, 0.717) is 0 Å². The molecule has 0 aromatic heterocycles. The molecule has 1 aliphatic rings. The summed E-state index contributed by atoms with van der Waals surface area (Å²) >= 11 is 0. The Morgan fingerprint density at radius 1 is 1.64 bits per heavy atom. The number of hydrogen-bond acceptors (Lipinski definition) is 3. The van der Waals surface area contributed by atoms with Crippen LogP contribution in [0.2, 0.25) is 0 Å². The van der Waals surface area contributed by atoms with E-state index in [1.165, 1.54) is 6.42 Å². The number of hydrogen-bond donors (Lipinski definition) is 0. The van der Waals surface area contributed by atoms with Crippen molar-refractivity contribution in [3.63, 3.8) is 0 Å². The smallest absolute Gasteiger partial charge is 0.195 e. The number of nitriles is 1. The van der Waals surface area contributed by atoms with Gasteiger partial charge < -0.3 is 0 Å². The molecule has 0 aliphatic heterocycles. The van der Waals surface area contributed by atoms with E-state index in [-0.39, 0.29) is 0 Å². The Kier molecular flexibility index (Phi) is 2.79. The summed E-state index contributed by atoms with van der Waals surface area (Å²) in [6, 6.07) is 1.15. The Balaban J connectivity index is 2.64. The predicted octanol–water partition coefficient (Wildman–Crippen LogP) is 2.15. The van der Waals surface area contributed by atoms with E-state index >= 15 is 0 Å². The summed E-state index contributed by atoms with van der Waals surface area (Å²) in [5.41, 5.74) is 0.911. The maximum Gasteiger partial charge on any atom is 0.199 e. The van der Waals surface area contributed by atoms with Crippen LogP contribution in [0, 0.1) is 16.2 Å². The van der Waals surface area contributed by atoms with Gasteiger partial charge in [0.05, 0.1) is 6.07 Å². The summed E-state index contributed by atoms with van der Waals surface area (Å²) in [6.07, 6.45) is 6.08. The van der Waals surface area contributed by atoms with Crippen LogP contribution < -0.4 is 0 Å². The Morgan fingerprint density at radius 3 is 2.91 bits per heavy atom. The largest absolute Gasteiger partial charge is 0.199 e. The van der Waals surface area contributed by atoms with Crippen LogP contribution >= 0.6 is 0 Å². The standard InChI is InChI=1S/C8H10N2O/c9-6-8(10-11)7-4-2-1-3-5-7/h4,8H,1-3,5H2. The van der Waals surface area contributed by atoms with Crippen LogP contribution in [0.25, 0.3) is 0 Å². The van der Waals surface area contributed by atoms with E-state index in [4.69, 9.17) is 5.26 Å². The highest BCUT2D eigenvalue weighted by Crippen LogP contribution is 2.21. The van der Waals surface area contributed by atoms with Gasteiger partial charge in [0.1, 0.15) is 0 Å². The van der Waals surface area contributed by atoms with Crippen LogP contribution in [0.15, 0.2) is 16.8 Å². The first-order valence-electron chi connectivity index (χ1n) is 3.79. The fourth-order valence-corrected chi connectivity index (χ4v) is 1.29. The fraction of sp³-hybridized carbons (Fsp3) is 0.625. The van der Waals surface area contributed by atoms with E-state index in [0.717, 1.165) is 24.8 Å². The molecule has 1 aliphatic carbocycles. The lowest BCUT2D eigenvalue weighted by atomic mass is 9.95. The van der Waals surface area contributed by atoms with Crippen LogP contribution in [0.1, 0.15) is 25.7 Å². The van der Waals surface area contributed by atoms with Crippen molar-refractivity contribution in [2.75, 3.05) is 0 Å². The molecule has 3 nitrogen and oxygen atoms in total. The fourth-order valence-electron chi connectivity index (χ4n) is 1.29. The molecular formula is C8H10N2O. The second kappa shape index (κ2) is 3.87. The van der Waals surface area contributed by atoms with E-state index in [1.54, 1.807) is 0 Å². The normalized spacial score (nSPS) is 19.7. The van der Waals surface area contributed by atoms with E-state index in [1.807, 2.05) is 12.1 Å². The first kappa shape index (κ1) is 7.93. The number of nitrogens with zero attached hydrogens (tertiary/aromatic N) is 2. The van der Waals surface area contributed by atoms with Crippen molar-refractivity contribution in [3.05, 3.63) is 16.6 Å². The third kappa shape index (κ3) is 1.87. The molecule has 0 spiro atoms. The second-order valence-corrected chi connectivity index (χ2v) is 2.66. The molecule has 0 bridgehead atoms. The topological polar surface area (TPSA) is 53.2 Å². The minimum absolute atomic E-state index is 0.727. The monoisotopic (exact) mass is 150 g/mol. The van der Waals surface area contributed by atoms with Gasteiger partial charge in [0.25, 0.3) is 0 Å². The maximum atomic E-state index is 10.1. The zero-order chi connectivity index (χ0) is 8.10. The molecule has 0 heterocycles. The molecule has 0 aromatic rings. The van der Waals surface area contributed by atoms with Gasteiger partial charge in [-0.3, -0.25) is 0 Å². The van der Waals surface area contributed by atoms with Gasteiger partial charge in [-0.05, 0) is 36.4 Å². The van der Waals surface area contributed by atoms with Crippen LogP contribution in [-0.4, -0.2) is 6.04 Å². The molecule has 1 rings (SSSR count). The summed E-state index contributed by atoms with van der Waals surface area (Å²) in [5.74, 6) is 0. The lowest BCUT2D eigenvalue weighted by molar-refractivity contribution is 0.671. The molecule has 0 saturated heterocycles. The predicted molar refractivity (Wildman–Crippen MR) is 41.7 cm³/mol. The van der Waals surface area contributed by atoms with Crippen molar-refractivity contribution >= 4 is 0 Å². The quantitative estimate of drug-likeness (QED) is 0.447.